The summed E-state index contributed by atoms with van der Waals surface area (Å²) in [6.07, 6.45) is 8.14. The highest BCUT2D eigenvalue weighted by molar-refractivity contribution is 8.00. The number of carboxylic acids is 1. The molecule has 0 fully saturated rings. The predicted octanol–water partition coefficient (Wildman–Crippen LogP) is 5.53. The molecule has 1 heterocycles. The second kappa shape index (κ2) is 12.6. The van der Waals surface area contributed by atoms with Crippen molar-refractivity contribution in [3.63, 3.8) is 0 Å². The molecule has 3 unspecified atom stereocenters. The number of esters is 1. The minimum absolute atomic E-state index is 0.230. The summed E-state index contributed by atoms with van der Waals surface area (Å²) in [6, 6.07) is 7.14. The molecule has 38 heavy (non-hydrogen) atoms. The normalized spacial score (nSPS) is 19.2. The van der Waals surface area contributed by atoms with Crippen LogP contribution in [-0.2, 0) is 32.0 Å². The van der Waals surface area contributed by atoms with Gasteiger partial charge in [0.2, 0.25) is 11.8 Å². The number of ether oxygens (including phenoxy) is 1. The maximum Gasteiger partial charge on any atom is 0.341 e. The van der Waals surface area contributed by atoms with Crippen LogP contribution >= 0.6 is 23.1 Å². The molecule has 2 amide bonds. The van der Waals surface area contributed by atoms with Crippen LogP contribution in [0.25, 0.3) is 0 Å². The van der Waals surface area contributed by atoms with Crippen LogP contribution < -0.4 is 10.6 Å². The zero-order chi connectivity index (χ0) is 27.2. The number of anilines is 2. The molecule has 0 bridgehead atoms. The lowest BCUT2D eigenvalue weighted by Crippen LogP contribution is -2.34. The first-order valence-electron chi connectivity index (χ1n) is 12.9. The second-order valence-electron chi connectivity index (χ2n) is 9.40. The highest BCUT2D eigenvalue weighted by Crippen LogP contribution is 2.39. The zero-order valence-electron chi connectivity index (χ0n) is 21.5. The number of carboxylic acid groups (broad SMARTS) is 1. The molecule has 1 aromatic carbocycles. The van der Waals surface area contributed by atoms with Crippen molar-refractivity contribution in [2.75, 3.05) is 17.2 Å². The Bertz CT molecular complexity index is 1250. The minimum atomic E-state index is -0.976. The Morgan fingerprint density at radius 1 is 1.11 bits per heavy atom. The van der Waals surface area contributed by atoms with Gasteiger partial charge in [-0.3, -0.25) is 14.4 Å². The number of benzene rings is 1. The fourth-order valence-corrected chi connectivity index (χ4v) is 7.01. The molecule has 4 rings (SSSR count). The lowest BCUT2D eigenvalue weighted by atomic mass is 9.82. The maximum absolute atomic E-state index is 13.1. The lowest BCUT2D eigenvalue weighted by molar-refractivity contribution is -0.146. The number of thioether (sulfide) groups is 1. The van der Waals surface area contributed by atoms with Gasteiger partial charge in [-0.1, -0.05) is 18.2 Å². The van der Waals surface area contributed by atoms with E-state index in [1.807, 2.05) is 12.1 Å². The van der Waals surface area contributed by atoms with E-state index in [1.54, 1.807) is 38.1 Å². The molecule has 3 atom stereocenters. The van der Waals surface area contributed by atoms with Gasteiger partial charge < -0.3 is 20.5 Å². The number of rotatable bonds is 9. The van der Waals surface area contributed by atoms with Crippen LogP contribution in [0.3, 0.4) is 0 Å². The molecule has 10 heteroatoms. The van der Waals surface area contributed by atoms with Crippen LogP contribution in [0.4, 0.5) is 10.7 Å². The molecular weight excluding hydrogens is 524 g/mol. The van der Waals surface area contributed by atoms with E-state index in [4.69, 9.17) is 4.74 Å². The van der Waals surface area contributed by atoms with E-state index >= 15 is 0 Å². The summed E-state index contributed by atoms with van der Waals surface area (Å²) >= 11 is 2.79. The van der Waals surface area contributed by atoms with Gasteiger partial charge in [0.05, 0.1) is 29.3 Å². The molecule has 0 radical (unpaired) electrons. The number of hydrogen-bond acceptors (Lipinski definition) is 7. The number of hydrogen-bond donors (Lipinski definition) is 3. The summed E-state index contributed by atoms with van der Waals surface area (Å²) in [7, 11) is 0. The van der Waals surface area contributed by atoms with Crippen LogP contribution in [0.5, 0.6) is 0 Å². The van der Waals surface area contributed by atoms with Crippen molar-refractivity contribution in [3.8, 4) is 0 Å². The van der Waals surface area contributed by atoms with Crippen LogP contribution in [-0.4, -0.2) is 40.7 Å². The first kappa shape index (κ1) is 27.9. The van der Waals surface area contributed by atoms with E-state index in [0.717, 1.165) is 41.0 Å². The lowest BCUT2D eigenvalue weighted by Gasteiger charge is -2.24. The Hall–Kier alpha value is -3.11. The number of aliphatic carboxylic acids is 1. The summed E-state index contributed by atoms with van der Waals surface area (Å²) < 4.78 is 5.28. The van der Waals surface area contributed by atoms with Crippen molar-refractivity contribution in [1.82, 2.24) is 0 Å². The number of carbonyl (C=O) groups is 4. The largest absolute Gasteiger partial charge is 0.481 e. The molecule has 2 aliphatic carbocycles. The van der Waals surface area contributed by atoms with Crippen molar-refractivity contribution < 1.29 is 29.0 Å². The first-order valence-corrected chi connectivity index (χ1v) is 14.6. The number of aryl methyl sites for hydroxylation is 1. The van der Waals surface area contributed by atoms with Gasteiger partial charge in [0.1, 0.15) is 5.00 Å². The molecule has 1 aromatic heterocycles. The number of amides is 2. The van der Waals surface area contributed by atoms with Crippen LogP contribution in [0.1, 0.15) is 60.3 Å². The van der Waals surface area contributed by atoms with Crippen molar-refractivity contribution in [2.45, 2.75) is 62.5 Å². The average molecular weight is 557 g/mol. The molecule has 202 valence electrons. The third kappa shape index (κ3) is 6.47. The number of thiophene rings is 1. The first-order chi connectivity index (χ1) is 18.3. The molecule has 0 spiro atoms. The van der Waals surface area contributed by atoms with E-state index in [0.29, 0.717) is 29.1 Å². The summed E-state index contributed by atoms with van der Waals surface area (Å²) in [5.41, 5.74) is 2.03. The standard InChI is InChI=1S/C28H32N2O6S2/c1-3-36-28(35)23-21-13-6-7-14-22(21)38-26(23)30-24(31)16(2)37-18-10-8-9-17(15-18)29-25(32)19-11-4-5-12-20(19)27(33)34/h4-5,8-10,15-16,19-20H,3,6-7,11-14H2,1-2H3,(H,29,32)(H,30,31)(H,33,34). The molecule has 0 saturated carbocycles. The Labute approximate surface area is 230 Å². The molecule has 2 aliphatic rings. The van der Waals surface area contributed by atoms with Crippen LogP contribution in [0.15, 0.2) is 41.3 Å². The van der Waals surface area contributed by atoms with Gasteiger partial charge in [0.15, 0.2) is 0 Å². The molecular formula is C28H32N2O6S2. The maximum atomic E-state index is 13.1. The van der Waals surface area contributed by atoms with E-state index in [2.05, 4.69) is 10.6 Å². The monoisotopic (exact) mass is 556 g/mol. The summed E-state index contributed by atoms with van der Waals surface area (Å²) in [5, 5.41) is 15.3. The molecule has 0 aliphatic heterocycles. The Morgan fingerprint density at radius 3 is 2.58 bits per heavy atom. The zero-order valence-corrected chi connectivity index (χ0v) is 23.1. The van der Waals surface area contributed by atoms with Crippen LogP contribution in [0, 0.1) is 11.8 Å². The SMILES string of the molecule is CCOC(=O)c1c(NC(=O)C(C)Sc2cccc(NC(=O)C3CC=CCC3C(=O)O)c2)sc2c1CCCC2. The fraction of sp³-hybridized carbons (Fsp3) is 0.429. The van der Waals surface area contributed by atoms with Crippen molar-refractivity contribution in [3.05, 3.63) is 52.4 Å². The van der Waals surface area contributed by atoms with Gasteiger partial charge in [0.25, 0.3) is 0 Å². The summed E-state index contributed by atoms with van der Waals surface area (Å²) in [5.74, 6) is -3.32. The highest BCUT2D eigenvalue weighted by Gasteiger charge is 2.34. The van der Waals surface area contributed by atoms with Crippen molar-refractivity contribution >= 4 is 57.5 Å². The van der Waals surface area contributed by atoms with Gasteiger partial charge in [-0.15, -0.1) is 23.1 Å². The molecule has 0 saturated heterocycles. The fourth-order valence-electron chi connectivity index (χ4n) is 4.80. The van der Waals surface area contributed by atoms with E-state index in [1.165, 1.54) is 23.1 Å². The van der Waals surface area contributed by atoms with Gasteiger partial charge in [-0.05, 0) is 76.1 Å². The van der Waals surface area contributed by atoms with Gasteiger partial charge >= 0.3 is 11.9 Å². The number of carbonyl (C=O) groups excluding carboxylic acids is 3. The third-order valence-corrected chi connectivity index (χ3v) is 9.06. The number of allylic oxidation sites excluding steroid dienone is 2. The molecule has 8 nitrogen and oxygen atoms in total. The minimum Gasteiger partial charge on any atom is -0.481 e. The number of fused-ring (bicyclic) bond motifs is 1. The Kier molecular flexibility index (Phi) is 9.27. The van der Waals surface area contributed by atoms with Gasteiger partial charge in [0, 0.05) is 15.5 Å². The third-order valence-electron chi connectivity index (χ3n) is 6.76. The number of nitrogens with one attached hydrogen (secondary N) is 2. The topological polar surface area (TPSA) is 122 Å². The van der Waals surface area contributed by atoms with Crippen molar-refractivity contribution in [1.29, 1.82) is 0 Å². The molecule has 3 N–H and O–H groups in total. The Morgan fingerprint density at radius 2 is 1.84 bits per heavy atom. The smallest absolute Gasteiger partial charge is 0.341 e. The van der Waals surface area contributed by atoms with Crippen LogP contribution in [0.2, 0.25) is 0 Å². The summed E-state index contributed by atoms with van der Waals surface area (Å²) in [4.78, 5) is 52.1. The predicted molar refractivity (Wildman–Crippen MR) is 149 cm³/mol. The second-order valence-corrected chi connectivity index (χ2v) is 11.9. The van der Waals surface area contributed by atoms with Crippen molar-refractivity contribution in [2.24, 2.45) is 11.8 Å². The van der Waals surface area contributed by atoms with E-state index < -0.39 is 29.0 Å². The average Bonchev–Trinajstić information content (AvgIpc) is 3.26. The summed E-state index contributed by atoms with van der Waals surface area (Å²) in [6.45, 7) is 3.82. The van der Waals surface area contributed by atoms with Gasteiger partial charge in [-0.25, -0.2) is 4.79 Å². The molecule has 2 aromatic rings. The quantitative estimate of drug-likeness (QED) is 0.211. The van der Waals surface area contributed by atoms with E-state index in [9.17, 15) is 24.3 Å². The Balaban J connectivity index is 1.42. The van der Waals surface area contributed by atoms with E-state index in [-0.39, 0.29) is 18.4 Å². The highest BCUT2D eigenvalue weighted by atomic mass is 32.2. The van der Waals surface area contributed by atoms with Gasteiger partial charge in [-0.2, -0.15) is 0 Å².